The number of carbonyl (C=O) groups is 5. The number of phenols is 1. The van der Waals surface area contributed by atoms with Crippen LogP contribution in [0.25, 0.3) is 0 Å². The summed E-state index contributed by atoms with van der Waals surface area (Å²) in [7, 11) is 0. The van der Waals surface area contributed by atoms with Crippen LogP contribution in [0, 0.1) is 5.92 Å². The summed E-state index contributed by atoms with van der Waals surface area (Å²) in [6.45, 7) is 4.45. The number of hydrogen-bond acceptors (Lipinski definition) is 8. The number of carbonyl (C=O) groups excluding carboxylic acids is 4. The molecule has 35 heavy (non-hydrogen) atoms. The highest BCUT2D eigenvalue weighted by atomic mass is 16.4. The van der Waals surface area contributed by atoms with Gasteiger partial charge in [-0.25, -0.2) is 4.79 Å². The quantitative estimate of drug-likeness (QED) is 0.147. The van der Waals surface area contributed by atoms with Gasteiger partial charge in [0.05, 0.1) is 18.6 Å². The van der Waals surface area contributed by atoms with Crippen LogP contribution in [0.15, 0.2) is 24.3 Å². The number of rotatable bonds is 13. The third-order valence-corrected chi connectivity index (χ3v) is 5.06. The molecule has 5 atom stereocenters. The first-order chi connectivity index (χ1) is 16.2. The standard InChI is InChI=1S/C22H33N5O8/c1-10(2)17(20(32)25-15(22(34)35)8-12-4-6-13(29)7-5-12)26-21(33)18(11(3)28)27-19(31)14(23)9-16(24)30/h4-7,10-11,14-15,17-18,28-29H,8-9,23H2,1-3H3,(H2,24,30)(H,25,32)(H,26,33)(H,27,31)(H,34,35). The Labute approximate surface area is 202 Å². The second kappa shape index (κ2) is 13.2. The number of aliphatic hydroxyl groups excluding tert-OH is 1. The molecule has 4 amide bonds. The van der Waals surface area contributed by atoms with Crippen LogP contribution in [-0.2, 0) is 30.4 Å². The maximum atomic E-state index is 12.9. The van der Waals surface area contributed by atoms with E-state index in [1.165, 1.54) is 31.2 Å². The van der Waals surface area contributed by atoms with E-state index in [9.17, 15) is 39.3 Å². The van der Waals surface area contributed by atoms with E-state index in [0.717, 1.165) is 0 Å². The first-order valence-electron chi connectivity index (χ1n) is 10.9. The van der Waals surface area contributed by atoms with Gasteiger partial charge in [0.15, 0.2) is 0 Å². The molecule has 0 bridgehead atoms. The Balaban J connectivity index is 2.94. The predicted octanol–water partition coefficient (Wildman–Crippen LogP) is -2.29. The van der Waals surface area contributed by atoms with E-state index in [1.807, 2.05) is 0 Å². The van der Waals surface area contributed by atoms with Gasteiger partial charge in [-0.2, -0.15) is 0 Å². The molecule has 194 valence electrons. The number of aromatic hydroxyl groups is 1. The van der Waals surface area contributed by atoms with E-state index < -0.39 is 72.2 Å². The van der Waals surface area contributed by atoms with E-state index in [0.29, 0.717) is 5.56 Å². The zero-order chi connectivity index (χ0) is 26.9. The minimum absolute atomic E-state index is 0.00239. The number of primary amides is 1. The fraction of sp³-hybridized carbons (Fsp3) is 0.500. The summed E-state index contributed by atoms with van der Waals surface area (Å²) in [5, 5.41) is 35.9. The molecule has 1 rings (SSSR count). The van der Waals surface area contributed by atoms with Crippen LogP contribution < -0.4 is 27.4 Å². The molecule has 0 saturated carbocycles. The summed E-state index contributed by atoms with van der Waals surface area (Å²) in [6, 6.07) is 0.395. The molecular weight excluding hydrogens is 462 g/mol. The van der Waals surface area contributed by atoms with Crippen LogP contribution in [0.2, 0.25) is 0 Å². The second-order valence-electron chi connectivity index (χ2n) is 8.50. The van der Waals surface area contributed by atoms with Gasteiger partial charge in [-0.3, -0.25) is 19.2 Å². The minimum Gasteiger partial charge on any atom is -0.508 e. The molecule has 1 aromatic rings. The number of nitrogens with two attached hydrogens (primary N) is 2. The van der Waals surface area contributed by atoms with Crippen LogP contribution >= 0.6 is 0 Å². The van der Waals surface area contributed by atoms with Crippen LogP contribution in [-0.4, -0.2) is 75.2 Å². The molecule has 1 aromatic carbocycles. The average molecular weight is 496 g/mol. The molecule has 0 heterocycles. The Bertz CT molecular complexity index is 919. The van der Waals surface area contributed by atoms with Gasteiger partial charge in [0, 0.05) is 6.42 Å². The third-order valence-electron chi connectivity index (χ3n) is 5.06. The lowest BCUT2D eigenvalue weighted by atomic mass is 10.0. The highest BCUT2D eigenvalue weighted by Gasteiger charge is 2.33. The topological polar surface area (TPSA) is 234 Å². The molecule has 0 fully saturated rings. The molecule has 0 radical (unpaired) electrons. The molecule has 13 heteroatoms. The van der Waals surface area contributed by atoms with Crippen molar-refractivity contribution in [1.82, 2.24) is 16.0 Å². The van der Waals surface area contributed by atoms with Crippen molar-refractivity contribution in [3.8, 4) is 5.75 Å². The molecule has 5 unspecified atom stereocenters. The minimum atomic E-state index is -1.51. The van der Waals surface area contributed by atoms with Crippen molar-refractivity contribution in [2.75, 3.05) is 0 Å². The first-order valence-corrected chi connectivity index (χ1v) is 10.9. The monoisotopic (exact) mass is 495 g/mol. The number of aliphatic carboxylic acids is 1. The van der Waals surface area contributed by atoms with Crippen molar-refractivity contribution in [2.45, 2.75) is 63.9 Å². The van der Waals surface area contributed by atoms with Crippen molar-refractivity contribution in [3.63, 3.8) is 0 Å². The normalized spacial score (nSPS) is 15.3. The maximum Gasteiger partial charge on any atom is 0.326 e. The van der Waals surface area contributed by atoms with Gasteiger partial charge >= 0.3 is 5.97 Å². The molecule has 10 N–H and O–H groups in total. The molecular formula is C22H33N5O8. The van der Waals surface area contributed by atoms with E-state index in [1.54, 1.807) is 13.8 Å². The number of aliphatic hydroxyl groups is 1. The molecule has 0 aromatic heterocycles. The zero-order valence-electron chi connectivity index (χ0n) is 19.7. The smallest absolute Gasteiger partial charge is 0.326 e. The van der Waals surface area contributed by atoms with Crippen LogP contribution in [0.1, 0.15) is 32.8 Å². The molecule has 0 aliphatic rings. The number of nitrogens with one attached hydrogen (secondary N) is 3. The van der Waals surface area contributed by atoms with Crippen molar-refractivity contribution >= 4 is 29.6 Å². The second-order valence-corrected chi connectivity index (χ2v) is 8.50. The van der Waals surface area contributed by atoms with E-state index in [4.69, 9.17) is 11.5 Å². The first kappa shape index (κ1) is 29.3. The van der Waals surface area contributed by atoms with Gasteiger partial charge in [0.2, 0.25) is 23.6 Å². The largest absolute Gasteiger partial charge is 0.508 e. The maximum absolute atomic E-state index is 12.9. The Morgan fingerprint density at radius 3 is 1.86 bits per heavy atom. The van der Waals surface area contributed by atoms with Crippen LogP contribution in [0.3, 0.4) is 0 Å². The lowest BCUT2D eigenvalue weighted by Crippen LogP contribution is -2.61. The number of amides is 4. The predicted molar refractivity (Wildman–Crippen MR) is 124 cm³/mol. The molecule has 13 nitrogen and oxygen atoms in total. The summed E-state index contributed by atoms with van der Waals surface area (Å²) in [5.74, 6) is -5.25. The summed E-state index contributed by atoms with van der Waals surface area (Å²) in [6.07, 6.45) is -1.95. The number of hydrogen-bond donors (Lipinski definition) is 8. The summed E-state index contributed by atoms with van der Waals surface area (Å²) >= 11 is 0. The van der Waals surface area contributed by atoms with Crippen molar-refractivity contribution in [1.29, 1.82) is 0 Å². The Kier molecular flexibility index (Phi) is 11.1. The Morgan fingerprint density at radius 2 is 1.40 bits per heavy atom. The van der Waals surface area contributed by atoms with Gasteiger partial charge in [-0.15, -0.1) is 0 Å². The van der Waals surface area contributed by atoms with Gasteiger partial charge < -0.3 is 42.7 Å². The van der Waals surface area contributed by atoms with Gasteiger partial charge in [-0.05, 0) is 30.5 Å². The fourth-order valence-corrected chi connectivity index (χ4v) is 3.08. The Hall–Kier alpha value is -3.71. The SMILES string of the molecule is CC(C)C(NC(=O)C(NC(=O)C(N)CC(N)=O)C(C)O)C(=O)NC(Cc1ccc(O)cc1)C(=O)O. The molecule has 0 saturated heterocycles. The van der Waals surface area contributed by atoms with Gasteiger partial charge in [-0.1, -0.05) is 26.0 Å². The molecule has 0 aliphatic carbocycles. The third kappa shape index (κ3) is 9.59. The zero-order valence-corrected chi connectivity index (χ0v) is 19.7. The van der Waals surface area contributed by atoms with Gasteiger partial charge in [0.25, 0.3) is 0 Å². The average Bonchev–Trinajstić information content (AvgIpc) is 2.75. The number of phenolic OH excluding ortho intramolecular Hbond substituents is 1. The number of carboxylic acid groups (broad SMARTS) is 1. The Morgan fingerprint density at radius 1 is 0.886 bits per heavy atom. The van der Waals surface area contributed by atoms with E-state index >= 15 is 0 Å². The number of carboxylic acids is 1. The lowest BCUT2D eigenvalue weighted by Gasteiger charge is -2.28. The van der Waals surface area contributed by atoms with Crippen LogP contribution in [0.5, 0.6) is 5.75 Å². The fourth-order valence-electron chi connectivity index (χ4n) is 3.08. The van der Waals surface area contributed by atoms with E-state index in [2.05, 4.69) is 16.0 Å². The van der Waals surface area contributed by atoms with Crippen molar-refractivity contribution in [3.05, 3.63) is 29.8 Å². The van der Waals surface area contributed by atoms with Gasteiger partial charge in [0.1, 0.15) is 23.9 Å². The van der Waals surface area contributed by atoms with Crippen LogP contribution in [0.4, 0.5) is 0 Å². The summed E-state index contributed by atoms with van der Waals surface area (Å²) in [5.41, 5.74) is 11.1. The highest BCUT2D eigenvalue weighted by Crippen LogP contribution is 2.12. The molecule has 0 spiro atoms. The summed E-state index contributed by atoms with van der Waals surface area (Å²) < 4.78 is 0. The van der Waals surface area contributed by atoms with Crippen molar-refractivity contribution < 1.29 is 39.3 Å². The highest BCUT2D eigenvalue weighted by molar-refractivity contribution is 5.95. The van der Waals surface area contributed by atoms with Crippen molar-refractivity contribution in [2.24, 2.45) is 17.4 Å². The molecule has 0 aliphatic heterocycles. The van der Waals surface area contributed by atoms with E-state index in [-0.39, 0.29) is 12.2 Å². The number of benzene rings is 1. The summed E-state index contributed by atoms with van der Waals surface area (Å²) in [4.78, 5) is 60.5. The lowest BCUT2D eigenvalue weighted by molar-refractivity contribution is -0.142.